The van der Waals surface area contributed by atoms with E-state index in [0.717, 1.165) is 16.5 Å². The fourth-order valence-electron chi connectivity index (χ4n) is 4.13. The summed E-state index contributed by atoms with van der Waals surface area (Å²) in [5, 5.41) is 12.5. The first-order chi connectivity index (χ1) is 16.0. The second kappa shape index (κ2) is 10.3. The lowest BCUT2D eigenvalue weighted by molar-refractivity contribution is -0.163. The molecule has 1 aromatic carbocycles. The van der Waals surface area contributed by atoms with Crippen LogP contribution in [0, 0.1) is 0 Å². The zero-order valence-corrected chi connectivity index (χ0v) is 19.7. The highest BCUT2D eigenvalue weighted by Crippen LogP contribution is 2.24. The largest absolute Gasteiger partial charge is 0.481 e. The van der Waals surface area contributed by atoms with Gasteiger partial charge in [-0.05, 0) is 45.2 Å². The minimum atomic E-state index is -1.31. The molecule has 0 spiro atoms. The molecule has 1 saturated heterocycles. The van der Waals surface area contributed by atoms with Crippen LogP contribution in [0.15, 0.2) is 30.5 Å². The molecule has 0 aliphatic carbocycles. The quantitative estimate of drug-likeness (QED) is 0.423. The summed E-state index contributed by atoms with van der Waals surface area (Å²) >= 11 is 0. The number of aromatic amines is 1. The molecule has 1 aliphatic heterocycles. The minimum Gasteiger partial charge on any atom is -0.481 e. The number of hydrogen-bond donors (Lipinski definition) is 4. The predicted molar refractivity (Wildman–Crippen MR) is 125 cm³/mol. The molecule has 3 rings (SSSR count). The number of nitrogens with zero attached hydrogens (tertiary/aromatic N) is 1. The van der Waals surface area contributed by atoms with Gasteiger partial charge in [0.1, 0.15) is 17.7 Å². The standard InChI is InChI=1S/C24H32N4O6/c1-24(2,3)34-23(33)19-9-6-10-28(19)22(32)18(27-21(31)16(25)12-20(29)30)11-14-13-26-17-8-5-4-7-15(14)17/h4-5,7-8,13,16,18-19,26H,6,9-12,25H2,1-3H3,(H,27,31)(H,29,30)/t16-,18-,19-/m0/s1. The van der Waals surface area contributed by atoms with Crippen LogP contribution in [0.1, 0.15) is 45.6 Å². The van der Waals surface area contributed by atoms with Crippen molar-refractivity contribution in [1.82, 2.24) is 15.2 Å². The highest BCUT2D eigenvalue weighted by Gasteiger charge is 2.40. The molecule has 10 nitrogen and oxygen atoms in total. The van der Waals surface area contributed by atoms with Gasteiger partial charge in [-0.15, -0.1) is 0 Å². The van der Waals surface area contributed by atoms with Crippen LogP contribution >= 0.6 is 0 Å². The Morgan fingerprint density at radius 3 is 2.65 bits per heavy atom. The van der Waals surface area contributed by atoms with E-state index in [4.69, 9.17) is 15.6 Å². The number of hydrogen-bond acceptors (Lipinski definition) is 6. The van der Waals surface area contributed by atoms with Gasteiger partial charge in [0.25, 0.3) is 0 Å². The van der Waals surface area contributed by atoms with Crippen molar-refractivity contribution in [2.24, 2.45) is 5.73 Å². The Hall–Kier alpha value is -3.40. The van der Waals surface area contributed by atoms with E-state index in [1.807, 2.05) is 24.3 Å². The number of aromatic nitrogens is 1. The number of fused-ring (bicyclic) bond motifs is 1. The number of amides is 2. The van der Waals surface area contributed by atoms with E-state index >= 15 is 0 Å². The number of para-hydroxylation sites is 1. The third kappa shape index (κ3) is 6.13. The van der Waals surface area contributed by atoms with Crippen LogP contribution in [0.5, 0.6) is 0 Å². The number of carbonyl (C=O) groups excluding carboxylic acids is 3. The van der Waals surface area contributed by atoms with Crippen molar-refractivity contribution in [2.75, 3.05) is 6.54 Å². The van der Waals surface area contributed by atoms with Crippen LogP contribution in [0.3, 0.4) is 0 Å². The minimum absolute atomic E-state index is 0.145. The highest BCUT2D eigenvalue weighted by atomic mass is 16.6. The number of rotatable bonds is 8. The number of carboxylic acid groups (broad SMARTS) is 1. The Morgan fingerprint density at radius 2 is 1.97 bits per heavy atom. The van der Waals surface area contributed by atoms with Crippen LogP contribution in [-0.2, 0) is 30.3 Å². The molecule has 3 atom stereocenters. The topological polar surface area (TPSA) is 155 Å². The molecule has 184 valence electrons. The second-order valence-corrected chi connectivity index (χ2v) is 9.55. The summed E-state index contributed by atoms with van der Waals surface area (Å²) in [5.74, 6) is -2.88. The molecule has 0 saturated carbocycles. The van der Waals surface area contributed by atoms with Gasteiger partial charge >= 0.3 is 11.9 Å². The Labute approximate surface area is 197 Å². The average Bonchev–Trinajstić information content (AvgIpc) is 3.38. The van der Waals surface area contributed by atoms with E-state index in [9.17, 15) is 19.2 Å². The number of nitrogens with two attached hydrogens (primary N) is 1. The molecular weight excluding hydrogens is 440 g/mol. The number of ether oxygens (including phenoxy) is 1. The van der Waals surface area contributed by atoms with Gasteiger partial charge in [-0.3, -0.25) is 14.4 Å². The molecule has 10 heteroatoms. The second-order valence-electron chi connectivity index (χ2n) is 9.55. The SMILES string of the molecule is CC(C)(C)OC(=O)[C@@H]1CCCN1C(=O)[C@H](Cc1c[nH]c2ccccc12)NC(=O)[C@@H](N)CC(=O)O. The normalized spacial score (nSPS) is 17.9. The maximum Gasteiger partial charge on any atom is 0.329 e. The number of likely N-dealkylation sites (tertiary alicyclic amines) is 1. The fourth-order valence-corrected chi connectivity index (χ4v) is 4.13. The number of esters is 1. The first-order valence-corrected chi connectivity index (χ1v) is 11.3. The Balaban J connectivity index is 1.85. The van der Waals surface area contributed by atoms with Crippen LogP contribution in [0.25, 0.3) is 10.9 Å². The summed E-state index contributed by atoms with van der Waals surface area (Å²) in [6, 6.07) is 4.47. The third-order valence-electron chi connectivity index (χ3n) is 5.66. The molecule has 1 fully saturated rings. The summed E-state index contributed by atoms with van der Waals surface area (Å²) in [7, 11) is 0. The van der Waals surface area contributed by atoms with Gasteiger partial charge in [-0.1, -0.05) is 18.2 Å². The number of H-pyrrole nitrogens is 1. The summed E-state index contributed by atoms with van der Waals surface area (Å²) in [4.78, 5) is 54.6. The van der Waals surface area contributed by atoms with Crippen molar-refractivity contribution in [1.29, 1.82) is 0 Å². The summed E-state index contributed by atoms with van der Waals surface area (Å²) in [6.07, 6.45) is 2.44. The lowest BCUT2D eigenvalue weighted by atomic mass is 10.0. The molecule has 0 unspecified atom stereocenters. The van der Waals surface area contributed by atoms with E-state index in [1.165, 1.54) is 4.90 Å². The van der Waals surface area contributed by atoms with Gasteiger partial charge in [0.15, 0.2) is 0 Å². The molecule has 1 aromatic heterocycles. The molecule has 5 N–H and O–H groups in total. The van der Waals surface area contributed by atoms with Crippen molar-refractivity contribution >= 4 is 34.7 Å². The van der Waals surface area contributed by atoms with Crippen molar-refractivity contribution < 1.29 is 29.0 Å². The summed E-state index contributed by atoms with van der Waals surface area (Å²) in [5.41, 5.74) is 6.71. The highest BCUT2D eigenvalue weighted by molar-refractivity contribution is 5.94. The summed E-state index contributed by atoms with van der Waals surface area (Å²) < 4.78 is 5.50. The van der Waals surface area contributed by atoms with E-state index in [1.54, 1.807) is 27.0 Å². The van der Waals surface area contributed by atoms with E-state index in [-0.39, 0.29) is 6.42 Å². The third-order valence-corrected chi connectivity index (χ3v) is 5.66. The number of aliphatic carboxylic acids is 1. The first kappa shape index (κ1) is 25.2. The maximum atomic E-state index is 13.6. The number of carbonyl (C=O) groups is 4. The van der Waals surface area contributed by atoms with E-state index < -0.39 is 53.9 Å². The molecule has 1 aliphatic rings. The predicted octanol–water partition coefficient (Wildman–Crippen LogP) is 1.33. The van der Waals surface area contributed by atoms with Gasteiger partial charge in [0.2, 0.25) is 11.8 Å². The van der Waals surface area contributed by atoms with Gasteiger partial charge < -0.3 is 30.8 Å². The lowest BCUT2D eigenvalue weighted by Gasteiger charge is -2.30. The van der Waals surface area contributed by atoms with Gasteiger partial charge in [-0.25, -0.2) is 4.79 Å². The van der Waals surface area contributed by atoms with E-state index in [2.05, 4.69) is 10.3 Å². The number of nitrogens with one attached hydrogen (secondary N) is 2. The Morgan fingerprint density at radius 1 is 1.26 bits per heavy atom. The molecule has 34 heavy (non-hydrogen) atoms. The smallest absolute Gasteiger partial charge is 0.329 e. The van der Waals surface area contributed by atoms with Gasteiger partial charge in [-0.2, -0.15) is 0 Å². The Bertz CT molecular complexity index is 1070. The average molecular weight is 473 g/mol. The zero-order valence-electron chi connectivity index (χ0n) is 19.7. The van der Waals surface area contributed by atoms with Crippen molar-refractivity contribution in [3.63, 3.8) is 0 Å². The van der Waals surface area contributed by atoms with Crippen LogP contribution in [-0.4, -0.2) is 69.0 Å². The molecule has 2 heterocycles. The molecule has 0 bridgehead atoms. The summed E-state index contributed by atoms with van der Waals surface area (Å²) in [6.45, 7) is 5.63. The molecule has 0 radical (unpaired) electrons. The van der Waals surface area contributed by atoms with Crippen LogP contribution in [0.2, 0.25) is 0 Å². The number of benzene rings is 1. The van der Waals surface area contributed by atoms with Gasteiger partial charge in [0, 0.05) is 30.1 Å². The molecule has 2 aromatic rings. The lowest BCUT2D eigenvalue weighted by Crippen LogP contribution is -2.56. The van der Waals surface area contributed by atoms with Crippen molar-refractivity contribution in [3.8, 4) is 0 Å². The van der Waals surface area contributed by atoms with Crippen molar-refractivity contribution in [3.05, 3.63) is 36.0 Å². The van der Waals surface area contributed by atoms with Gasteiger partial charge in [0.05, 0.1) is 12.5 Å². The van der Waals surface area contributed by atoms with E-state index in [0.29, 0.717) is 19.4 Å². The molecular formula is C24H32N4O6. The monoisotopic (exact) mass is 472 g/mol. The van der Waals surface area contributed by atoms with Crippen LogP contribution < -0.4 is 11.1 Å². The Kier molecular flexibility index (Phi) is 7.61. The maximum absolute atomic E-state index is 13.6. The van der Waals surface area contributed by atoms with Crippen LogP contribution in [0.4, 0.5) is 0 Å². The first-order valence-electron chi connectivity index (χ1n) is 11.3. The fraction of sp³-hybridized carbons (Fsp3) is 0.500. The number of carboxylic acids is 1. The van der Waals surface area contributed by atoms with Crippen molar-refractivity contribution in [2.45, 2.75) is 70.2 Å². The molecule has 2 amide bonds. The zero-order chi connectivity index (χ0) is 25.0.